The van der Waals surface area contributed by atoms with Gasteiger partial charge in [0.1, 0.15) is 11.4 Å². The van der Waals surface area contributed by atoms with Gasteiger partial charge in [-0.15, -0.1) is 0 Å². The number of likely N-dealkylation sites (N-methyl/N-ethyl adjacent to an activating group) is 1. The van der Waals surface area contributed by atoms with Crippen LogP contribution in [0, 0.1) is 13.8 Å². The fraction of sp³-hybridized carbons (Fsp3) is 0.250. The van der Waals surface area contributed by atoms with Crippen molar-refractivity contribution in [1.29, 1.82) is 0 Å². The molecule has 2 amide bonds. The predicted molar refractivity (Wildman–Crippen MR) is 134 cm³/mol. The molecule has 0 N–H and O–H groups in total. The molecular formula is C28H29N3O3. The first-order valence-electron chi connectivity index (χ1n) is 11.4. The molecule has 0 bridgehead atoms. The van der Waals surface area contributed by atoms with Crippen LogP contribution in [0.1, 0.15) is 29.2 Å². The van der Waals surface area contributed by atoms with Crippen molar-refractivity contribution in [2.24, 2.45) is 0 Å². The van der Waals surface area contributed by atoms with Gasteiger partial charge in [0.2, 0.25) is 0 Å². The number of methoxy groups -OCH3 is 1. The van der Waals surface area contributed by atoms with Gasteiger partial charge in [-0.05, 0) is 79.8 Å². The first-order valence-corrected chi connectivity index (χ1v) is 11.4. The van der Waals surface area contributed by atoms with Gasteiger partial charge in [-0.25, -0.2) is 4.90 Å². The minimum atomic E-state index is -0.304. The molecule has 0 atom stereocenters. The van der Waals surface area contributed by atoms with Gasteiger partial charge in [-0.3, -0.25) is 14.6 Å². The smallest absolute Gasteiger partial charge is 0.282 e. The van der Waals surface area contributed by atoms with E-state index in [1.807, 2.05) is 80.3 Å². The Morgan fingerprint density at radius 2 is 1.65 bits per heavy atom. The quantitative estimate of drug-likeness (QED) is 0.466. The van der Waals surface area contributed by atoms with E-state index in [1.165, 1.54) is 4.90 Å². The summed E-state index contributed by atoms with van der Waals surface area (Å²) in [5, 5.41) is 0. The number of pyridine rings is 1. The van der Waals surface area contributed by atoms with Crippen LogP contribution in [-0.2, 0) is 16.0 Å². The standard InChI is InChI=1S/C28H29N3O3/c1-5-30(18-15-21-13-16-29-17-14-21)26-25(22-9-11-23(34-4)12-10-22)27(32)31(28(26)33)24-8-6-7-19(2)20(24)3/h6-14,16-17H,5,15,18H2,1-4H3. The maximum absolute atomic E-state index is 13.9. The van der Waals surface area contributed by atoms with Crippen LogP contribution in [0.5, 0.6) is 5.75 Å². The van der Waals surface area contributed by atoms with E-state index in [0.29, 0.717) is 41.4 Å². The van der Waals surface area contributed by atoms with E-state index in [9.17, 15) is 9.59 Å². The van der Waals surface area contributed by atoms with Crippen LogP contribution in [0.2, 0.25) is 0 Å². The van der Waals surface area contributed by atoms with Gasteiger partial charge in [0.05, 0.1) is 18.4 Å². The number of carbonyl (C=O) groups excluding carboxylic acids is 2. The molecule has 0 fully saturated rings. The van der Waals surface area contributed by atoms with E-state index in [-0.39, 0.29) is 11.8 Å². The second-order valence-corrected chi connectivity index (χ2v) is 8.30. The summed E-state index contributed by atoms with van der Waals surface area (Å²) in [7, 11) is 1.60. The van der Waals surface area contributed by atoms with Gasteiger partial charge in [0, 0.05) is 25.5 Å². The van der Waals surface area contributed by atoms with Gasteiger partial charge < -0.3 is 9.64 Å². The van der Waals surface area contributed by atoms with Crippen LogP contribution in [0.4, 0.5) is 5.69 Å². The second-order valence-electron chi connectivity index (χ2n) is 8.30. The first kappa shape index (κ1) is 23.2. The first-order chi connectivity index (χ1) is 16.5. The number of aryl methyl sites for hydroxylation is 1. The lowest BCUT2D eigenvalue weighted by Crippen LogP contribution is -2.36. The van der Waals surface area contributed by atoms with Crippen molar-refractivity contribution in [3.63, 3.8) is 0 Å². The van der Waals surface area contributed by atoms with E-state index < -0.39 is 0 Å². The summed E-state index contributed by atoms with van der Waals surface area (Å²) in [5.74, 6) is 0.0985. The number of amides is 2. The van der Waals surface area contributed by atoms with E-state index in [0.717, 1.165) is 23.1 Å². The van der Waals surface area contributed by atoms with Gasteiger partial charge in [0.25, 0.3) is 11.8 Å². The van der Waals surface area contributed by atoms with Crippen molar-refractivity contribution in [3.05, 3.63) is 94.9 Å². The summed E-state index contributed by atoms with van der Waals surface area (Å²) in [6, 6.07) is 16.9. The number of aromatic nitrogens is 1. The molecule has 2 aromatic carbocycles. The molecule has 0 unspecified atom stereocenters. The van der Waals surface area contributed by atoms with Crippen LogP contribution in [-0.4, -0.2) is 41.9 Å². The Labute approximate surface area is 200 Å². The highest BCUT2D eigenvalue weighted by molar-refractivity contribution is 6.45. The lowest BCUT2D eigenvalue weighted by Gasteiger charge is -2.25. The molecular weight excluding hydrogens is 426 g/mol. The Hall–Kier alpha value is -3.93. The summed E-state index contributed by atoms with van der Waals surface area (Å²) in [6.45, 7) is 7.13. The molecule has 0 saturated carbocycles. The molecule has 0 radical (unpaired) electrons. The van der Waals surface area contributed by atoms with Gasteiger partial charge >= 0.3 is 0 Å². The molecule has 6 nitrogen and oxygen atoms in total. The lowest BCUT2D eigenvalue weighted by atomic mass is 10.0. The highest BCUT2D eigenvalue weighted by Gasteiger charge is 2.42. The molecule has 3 aromatic rings. The molecule has 1 aliphatic heterocycles. The molecule has 0 aliphatic carbocycles. The zero-order valence-electron chi connectivity index (χ0n) is 20.0. The normalized spacial score (nSPS) is 13.6. The van der Waals surface area contributed by atoms with Crippen molar-refractivity contribution < 1.29 is 14.3 Å². The van der Waals surface area contributed by atoms with Crippen LogP contribution < -0.4 is 9.64 Å². The zero-order valence-corrected chi connectivity index (χ0v) is 20.0. The van der Waals surface area contributed by atoms with Crippen LogP contribution in [0.25, 0.3) is 5.57 Å². The number of anilines is 1. The number of hydrogen-bond acceptors (Lipinski definition) is 5. The minimum absolute atomic E-state index is 0.291. The maximum Gasteiger partial charge on any atom is 0.282 e. The Morgan fingerprint density at radius 1 is 0.941 bits per heavy atom. The summed E-state index contributed by atoms with van der Waals surface area (Å²) in [5.41, 5.74) is 5.26. The monoisotopic (exact) mass is 455 g/mol. The highest BCUT2D eigenvalue weighted by atomic mass is 16.5. The molecule has 0 saturated heterocycles. The fourth-order valence-corrected chi connectivity index (χ4v) is 4.27. The zero-order chi connectivity index (χ0) is 24.2. The summed E-state index contributed by atoms with van der Waals surface area (Å²) >= 11 is 0. The topological polar surface area (TPSA) is 62.7 Å². The van der Waals surface area contributed by atoms with Gasteiger partial charge in [0.15, 0.2) is 0 Å². The molecule has 174 valence electrons. The van der Waals surface area contributed by atoms with Crippen LogP contribution in [0.15, 0.2) is 72.7 Å². The van der Waals surface area contributed by atoms with Crippen molar-refractivity contribution in [3.8, 4) is 5.75 Å². The molecule has 2 heterocycles. The molecule has 6 heteroatoms. The fourth-order valence-electron chi connectivity index (χ4n) is 4.27. The number of carbonyl (C=O) groups is 2. The third-order valence-electron chi connectivity index (χ3n) is 6.37. The number of imide groups is 1. The molecule has 34 heavy (non-hydrogen) atoms. The van der Waals surface area contributed by atoms with Crippen LogP contribution >= 0.6 is 0 Å². The Morgan fingerprint density at radius 3 is 2.29 bits per heavy atom. The highest BCUT2D eigenvalue weighted by Crippen LogP contribution is 2.37. The van der Waals surface area contributed by atoms with Gasteiger partial charge in [-0.1, -0.05) is 24.3 Å². The number of rotatable bonds is 8. The van der Waals surface area contributed by atoms with E-state index >= 15 is 0 Å². The van der Waals surface area contributed by atoms with Crippen molar-refractivity contribution in [2.45, 2.75) is 27.2 Å². The van der Waals surface area contributed by atoms with Crippen molar-refractivity contribution >= 4 is 23.1 Å². The number of benzene rings is 2. The molecule has 1 aliphatic rings. The summed E-state index contributed by atoms with van der Waals surface area (Å²) in [6.07, 6.45) is 4.26. The third kappa shape index (κ3) is 4.31. The molecule has 4 rings (SSSR count). The average Bonchev–Trinajstić information content (AvgIpc) is 3.12. The van der Waals surface area contributed by atoms with E-state index in [1.54, 1.807) is 19.5 Å². The van der Waals surface area contributed by atoms with Crippen molar-refractivity contribution in [1.82, 2.24) is 9.88 Å². The largest absolute Gasteiger partial charge is 0.497 e. The minimum Gasteiger partial charge on any atom is -0.497 e. The Balaban J connectivity index is 1.79. The predicted octanol–water partition coefficient (Wildman–Crippen LogP) is 4.56. The SMILES string of the molecule is CCN(CCc1ccncc1)C1=C(c2ccc(OC)cc2)C(=O)N(c2cccc(C)c2C)C1=O. The summed E-state index contributed by atoms with van der Waals surface area (Å²) in [4.78, 5) is 35.1. The van der Waals surface area contributed by atoms with Gasteiger partial charge in [-0.2, -0.15) is 0 Å². The number of nitrogens with zero attached hydrogens (tertiary/aromatic N) is 3. The number of hydrogen-bond donors (Lipinski definition) is 0. The summed E-state index contributed by atoms with van der Waals surface area (Å²) < 4.78 is 5.29. The Bertz CT molecular complexity index is 1230. The van der Waals surface area contributed by atoms with E-state index in [4.69, 9.17) is 4.74 Å². The molecule has 0 spiro atoms. The second kappa shape index (κ2) is 9.91. The van der Waals surface area contributed by atoms with E-state index in [2.05, 4.69) is 4.98 Å². The lowest BCUT2D eigenvalue weighted by molar-refractivity contribution is -0.120. The Kier molecular flexibility index (Phi) is 6.77. The van der Waals surface area contributed by atoms with Crippen molar-refractivity contribution in [2.75, 3.05) is 25.1 Å². The van der Waals surface area contributed by atoms with Crippen LogP contribution in [0.3, 0.4) is 0 Å². The maximum atomic E-state index is 13.9. The third-order valence-corrected chi connectivity index (χ3v) is 6.37. The average molecular weight is 456 g/mol. The molecule has 1 aromatic heterocycles. The number of ether oxygens (including phenoxy) is 1.